The molecule has 0 saturated heterocycles. The van der Waals surface area contributed by atoms with Crippen LogP contribution in [0.25, 0.3) is 11.5 Å². The molecule has 4 aromatic heterocycles. The molecule has 0 radical (unpaired) electrons. The van der Waals surface area contributed by atoms with Gasteiger partial charge in [0.2, 0.25) is 5.76 Å². The van der Waals surface area contributed by atoms with E-state index in [2.05, 4.69) is 15.6 Å². The minimum absolute atomic E-state index is 0.0842. The van der Waals surface area contributed by atoms with Crippen molar-refractivity contribution in [3.05, 3.63) is 70.0 Å². The molecule has 1 atom stereocenters. The lowest BCUT2D eigenvalue weighted by Gasteiger charge is -2.18. The first-order valence-corrected chi connectivity index (χ1v) is 9.35. The van der Waals surface area contributed by atoms with Crippen molar-refractivity contribution in [1.29, 1.82) is 0 Å². The summed E-state index contributed by atoms with van der Waals surface area (Å²) in [5.74, 6) is 0.638. The van der Waals surface area contributed by atoms with Gasteiger partial charge in [0.15, 0.2) is 11.5 Å². The number of thiophene rings is 1. The second-order valence-electron chi connectivity index (χ2n) is 6.17. The molecule has 4 rings (SSSR count). The van der Waals surface area contributed by atoms with Crippen LogP contribution in [0.4, 0.5) is 0 Å². The summed E-state index contributed by atoms with van der Waals surface area (Å²) in [5, 5.41) is 13.4. The summed E-state index contributed by atoms with van der Waals surface area (Å²) in [6.07, 6.45) is 1.54. The third kappa shape index (κ3) is 3.56. The van der Waals surface area contributed by atoms with Gasteiger partial charge in [0, 0.05) is 23.2 Å². The van der Waals surface area contributed by atoms with Gasteiger partial charge in [-0.25, -0.2) is 0 Å². The average molecular weight is 382 g/mol. The molecule has 0 aliphatic heterocycles. The highest BCUT2D eigenvalue weighted by atomic mass is 32.1. The van der Waals surface area contributed by atoms with E-state index >= 15 is 0 Å². The molecule has 0 spiro atoms. The Bertz CT molecular complexity index is 1030. The van der Waals surface area contributed by atoms with E-state index in [4.69, 9.17) is 8.94 Å². The average Bonchev–Trinajstić information content (AvgIpc) is 3.44. The zero-order chi connectivity index (χ0) is 18.8. The molecule has 8 heteroatoms. The molecule has 1 unspecified atom stereocenters. The second-order valence-corrected chi connectivity index (χ2v) is 7.15. The molecule has 4 aromatic rings. The third-order valence-corrected chi connectivity index (χ3v) is 5.15. The number of carbonyl (C=O) groups is 1. The van der Waals surface area contributed by atoms with Gasteiger partial charge in [0.1, 0.15) is 6.04 Å². The van der Waals surface area contributed by atoms with E-state index in [0.717, 1.165) is 16.3 Å². The number of hydrogen-bond acceptors (Lipinski definition) is 6. The van der Waals surface area contributed by atoms with Crippen molar-refractivity contribution in [3.8, 4) is 11.5 Å². The number of nitrogens with zero attached hydrogens (tertiary/aromatic N) is 3. The van der Waals surface area contributed by atoms with E-state index in [1.165, 1.54) is 6.26 Å². The highest BCUT2D eigenvalue weighted by Gasteiger charge is 2.21. The Balaban J connectivity index is 1.51. The molecule has 7 nitrogen and oxygen atoms in total. The van der Waals surface area contributed by atoms with Crippen molar-refractivity contribution >= 4 is 17.2 Å². The second kappa shape index (κ2) is 7.24. The smallest absolute Gasteiger partial charge is 0.273 e. The summed E-state index contributed by atoms with van der Waals surface area (Å²) in [6.45, 7) is 4.36. The van der Waals surface area contributed by atoms with E-state index in [9.17, 15) is 4.79 Å². The van der Waals surface area contributed by atoms with Crippen LogP contribution < -0.4 is 5.32 Å². The Hall–Kier alpha value is -3.13. The van der Waals surface area contributed by atoms with E-state index in [0.29, 0.717) is 18.1 Å². The summed E-state index contributed by atoms with van der Waals surface area (Å²) in [5.41, 5.74) is 2.20. The van der Waals surface area contributed by atoms with Gasteiger partial charge in [0.05, 0.1) is 12.0 Å². The monoisotopic (exact) mass is 382 g/mol. The number of hydrogen-bond donors (Lipinski definition) is 1. The number of aromatic nitrogens is 3. The molecule has 4 heterocycles. The Morgan fingerprint density at radius 1 is 1.26 bits per heavy atom. The molecule has 0 aliphatic rings. The zero-order valence-corrected chi connectivity index (χ0v) is 15.7. The van der Waals surface area contributed by atoms with Crippen LogP contribution in [0.2, 0.25) is 0 Å². The first-order chi connectivity index (χ1) is 13.1. The van der Waals surface area contributed by atoms with Gasteiger partial charge in [-0.15, -0.1) is 11.3 Å². The molecular formula is C19H18N4O3S. The predicted octanol–water partition coefficient (Wildman–Crippen LogP) is 3.83. The van der Waals surface area contributed by atoms with Crippen molar-refractivity contribution < 1.29 is 13.7 Å². The fourth-order valence-corrected chi connectivity index (χ4v) is 3.76. The van der Waals surface area contributed by atoms with Crippen LogP contribution >= 0.6 is 11.3 Å². The number of rotatable bonds is 6. The molecule has 0 saturated carbocycles. The normalized spacial score (nSPS) is 12.2. The summed E-state index contributed by atoms with van der Waals surface area (Å²) in [4.78, 5) is 13.7. The van der Waals surface area contributed by atoms with Crippen molar-refractivity contribution in [2.45, 2.75) is 19.9 Å². The molecule has 0 bridgehead atoms. The number of amides is 1. The Kier molecular flexibility index (Phi) is 4.64. The van der Waals surface area contributed by atoms with Crippen LogP contribution in [0.15, 0.2) is 57.0 Å². The fraction of sp³-hybridized carbons (Fsp3) is 0.211. The van der Waals surface area contributed by atoms with E-state index in [1.807, 2.05) is 42.1 Å². The number of furan rings is 1. The Labute approximate surface area is 159 Å². The van der Waals surface area contributed by atoms with Gasteiger partial charge < -0.3 is 14.3 Å². The van der Waals surface area contributed by atoms with E-state index in [1.54, 1.807) is 29.5 Å². The van der Waals surface area contributed by atoms with Gasteiger partial charge in [-0.3, -0.25) is 9.48 Å². The molecular weight excluding hydrogens is 364 g/mol. The maximum atomic E-state index is 12.5. The van der Waals surface area contributed by atoms with Crippen LogP contribution in [0.5, 0.6) is 0 Å². The predicted molar refractivity (Wildman–Crippen MR) is 101 cm³/mol. The Morgan fingerprint density at radius 3 is 2.81 bits per heavy atom. The van der Waals surface area contributed by atoms with Crippen molar-refractivity contribution in [2.75, 3.05) is 6.54 Å². The van der Waals surface area contributed by atoms with Crippen LogP contribution in [-0.4, -0.2) is 27.4 Å². The lowest BCUT2D eigenvalue weighted by molar-refractivity contribution is 0.0940. The molecule has 27 heavy (non-hydrogen) atoms. The standard InChI is InChI=1S/C19H18N4O3S/c1-12-9-13(2)23(21-12)15(18-6-4-8-27-18)11-20-19(24)14-10-17(26-22-14)16-5-3-7-25-16/h3-10,15H,11H2,1-2H3,(H,20,24). The summed E-state index contributed by atoms with van der Waals surface area (Å²) < 4.78 is 12.4. The zero-order valence-electron chi connectivity index (χ0n) is 14.9. The molecule has 138 valence electrons. The minimum atomic E-state index is -0.306. The summed E-state index contributed by atoms with van der Waals surface area (Å²) in [7, 11) is 0. The van der Waals surface area contributed by atoms with Crippen molar-refractivity contribution in [1.82, 2.24) is 20.3 Å². The molecule has 1 amide bonds. The lowest BCUT2D eigenvalue weighted by Crippen LogP contribution is -2.32. The minimum Gasteiger partial charge on any atom is -0.461 e. The SMILES string of the molecule is Cc1cc(C)n(C(CNC(=O)c2cc(-c3ccco3)on2)c2cccs2)n1. The van der Waals surface area contributed by atoms with Crippen molar-refractivity contribution in [2.24, 2.45) is 0 Å². The molecule has 0 aromatic carbocycles. The summed E-state index contributed by atoms with van der Waals surface area (Å²) >= 11 is 1.64. The maximum absolute atomic E-state index is 12.5. The van der Waals surface area contributed by atoms with Crippen LogP contribution in [0.1, 0.15) is 32.8 Å². The largest absolute Gasteiger partial charge is 0.461 e. The van der Waals surface area contributed by atoms with E-state index < -0.39 is 0 Å². The van der Waals surface area contributed by atoms with Gasteiger partial charge in [0.25, 0.3) is 5.91 Å². The molecule has 0 fully saturated rings. The fourth-order valence-electron chi connectivity index (χ4n) is 2.95. The Morgan fingerprint density at radius 2 is 2.15 bits per heavy atom. The van der Waals surface area contributed by atoms with Gasteiger partial charge in [-0.1, -0.05) is 11.2 Å². The van der Waals surface area contributed by atoms with Crippen LogP contribution in [-0.2, 0) is 0 Å². The lowest BCUT2D eigenvalue weighted by atomic mass is 10.2. The first kappa shape index (κ1) is 17.3. The number of carbonyl (C=O) groups excluding carboxylic acids is 1. The van der Waals surface area contributed by atoms with Gasteiger partial charge in [-0.05, 0) is 43.5 Å². The summed E-state index contributed by atoms with van der Waals surface area (Å²) in [6, 6.07) is 11.0. The van der Waals surface area contributed by atoms with Crippen LogP contribution in [0, 0.1) is 13.8 Å². The van der Waals surface area contributed by atoms with Crippen molar-refractivity contribution in [3.63, 3.8) is 0 Å². The van der Waals surface area contributed by atoms with Gasteiger partial charge in [-0.2, -0.15) is 5.10 Å². The maximum Gasteiger partial charge on any atom is 0.273 e. The molecule has 1 N–H and O–H groups in total. The first-order valence-electron chi connectivity index (χ1n) is 8.47. The topological polar surface area (TPSA) is 86.1 Å². The van der Waals surface area contributed by atoms with E-state index in [-0.39, 0.29) is 17.6 Å². The highest BCUT2D eigenvalue weighted by molar-refractivity contribution is 7.10. The number of aryl methyl sites for hydroxylation is 2. The highest BCUT2D eigenvalue weighted by Crippen LogP contribution is 2.24. The third-order valence-electron chi connectivity index (χ3n) is 4.17. The number of nitrogens with one attached hydrogen (secondary N) is 1. The van der Waals surface area contributed by atoms with Crippen LogP contribution in [0.3, 0.4) is 0 Å². The van der Waals surface area contributed by atoms with Gasteiger partial charge >= 0.3 is 0 Å². The molecule has 0 aliphatic carbocycles. The quantitative estimate of drug-likeness (QED) is 0.548.